The average Bonchev–Trinajstić information content (AvgIpc) is 3.39. The van der Waals surface area contributed by atoms with Gasteiger partial charge in [-0.15, -0.1) is 11.3 Å². The molecule has 35 heavy (non-hydrogen) atoms. The van der Waals surface area contributed by atoms with Crippen molar-refractivity contribution in [3.8, 4) is 5.75 Å². The van der Waals surface area contributed by atoms with Gasteiger partial charge in [0, 0.05) is 17.5 Å². The maximum Gasteiger partial charge on any atom is 0.247 e. The zero-order chi connectivity index (χ0) is 24.6. The molecule has 3 aromatic rings. The molecule has 0 unspecified atom stereocenters. The fourth-order valence-corrected chi connectivity index (χ4v) is 5.26. The molecule has 5 nitrogen and oxygen atoms in total. The summed E-state index contributed by atoms with van der Waals surface area (Å²) in [5.74, 6) is -0.0462. The number of carbonyl (C=O) groups excluding carboxylic acids is 2. The second kappa shape index (κ2) is 12.0. The zero-order valence-corrected chi connectivity index (χ0v) is 20.7. The van der Waals surface area contributed by atoms with Crippen LogP contribution in [0.1, 0.15) is 54.1 Å². The summed E-state index contributed by atoms with van der Waals surface area (Å²) >= 11 is 1.51. The molecular formula is C28H31FN2O3S. The van der Waals surface area contributed by atoms with E-state index in [2.05, 4.69) is 5.32 Å². The first kappa shape index (κ1) is 24.9. The third kappa shape index (κ3) is 6.69. The Hall–Kier alpha value is -3.19. The van der Waals surface area contributed by atoms with E-state index in [9.17, 15) is 14.0 Å². The number of hydrogen-bond acceptors (Lipinski definition) is 4. The Labute approximate surface area is 209 Å². The van der Waals surface area contributed by atoms with E-state index in [-0.39, 0.29) is 36.6 Å². The summed E-state index contributed by atoms with van der Waals surface area (Å²) in [7, 11) is 1.60. The molecule has 0 saturated heterocycles. The lowest BCUT2D eigenvalue weighted by molar-refractivity contribution is -0.141. The summed E-state index contributed by atoms with van der Waals surface area (Å²) < 4.78 is 19.0. The molecule has 1 aliphatic carbocycles. The lowest BCUT2D eigenvalue weighted by Gasteiger charge is -2.33. The Kier molecular flexibility index (Phi) is 8.53. The third-order valence-corrected chi connectivity index (χ3v) is 7.31. The summed E-state index contributed by atoms with van der Waals surface area (Å²) in [6.07, 6.45) is 5.41. The SMILES string of the molecule is COc1ccc(CN(C(=O)Cc2cccs2)[C@H](C(=O)NC2CCCCC2)c2ccc(F)cc2)cc1. The molecule has 1 aliphatic rings. The number of halogens is 1. The largest absolute Gasteiger partial charge is 0.497 e. The molecule has 1 heterocycles. The quantitative estimate of drug-likeness (QED) is 0.418. The minimum Gasteiger partial charge on any atom is -0.497 e. The van der Waals surface area contributed by atoms with E-state index in [1.807, 2.05) is 41.8 Å². The average molecular weight is 495 g/mol. The predicted molar refractivity (Wildman–Crippen MR) is 136 cm³/mol. The van der Waals surface area contributed by atoms with Crippen molar-refractivity contribution < 1.29 is 18.7 Å². The minimum absolute atomic E-state index is 0.0921. The van der Waals surface area contributed by atoms with Gasteiger partial charge < -0.3 is 15.0 Å². The molecule has 1 atom stereocenters. The van der Waals surface area contributed by atoms with Crippen molar-refractivity contribution >= 4 is 23.2 Å². The van der Waals surface area contributed by atoms with E-state index < -0.39 is 6.04 Å². The first-order valence-electron chi connectivity index (χ1n) is 12.0. The van der Waals surface area contributed by atoms with Gasteiger partial charge in [-0.2, -0.15) is 0 Å². The number of hydrogen-bond donors (Lipinski definition) is 1. The number of carbonyl (C=O) groups is 2. The standard InChI is InChI=1S/C28H31FN2O3S/c1-34-24-15-9-20(10-16-24)19-31(26(32)18-25-8-5-17-35-25)27(21-11-13-22(29)14-12-21)28(33)30-23-6-3-2-4-7-23/h5,8-17,23,27H,2-4,6-7,18-19H2,1H3,(H,30,33)/t27-/m0/s1. The van der Waals surface area contributed by atoms with Crippen LogP contribution in [0.15, 0.2) is 66.0 Å². The molecule has 0 spiro atoms. The Morgan fingerprint density at radius 1 is 1.06 bits per heavy atom. The van der Waals surface area contributed by atoms with Gasteiger partial charge in [0.15, 0.2) is 0 Å². The molecule has 1 fully saturated rings. The smallest absolute Gasteiger partial charge is 0.247 e. The minimum atomic E-state index is -0.868. The molecule has 184 valence electrons. The van der Waals surface area contributed by atoms with Crippen molar-refractivity contribution in [3.05, 3.63) is 87.9 Å². The summed E-state index contributed by atoms with van der Waals surface area (Å²) in [5.41, 5.74) is 1.47. The Balaban J connectivity index is 1.68. The maximum atomic E-state index is 13.8. The monoisotopic (exact) mass is 494 g/mol. The highest BCUT2D eigenvalue weighted by molar-refractivity contribution is 7.10. The van der Waals surface area contributed by atoms with Gasteiger partial charge in [-0.05, 0) is 59.7 Å². The highest BCUT2D eigenvalue weighted by Crippen LogP contribution is 2.28. The number of rotatable bonds is 9. The summed E-state index contributed by atoms with van der Waals surface area (Å²) in [4.78, 5) is 29.9. The zero-order valence-electron chi connectivity index (χ0n) is 19.9. The Morgan fingerprint density at radius 2 is 1.77 bits per heavy atom. The highest BCUT2D eigenvalue weighted by Gasteiger charge is 2.33. The van der Waals surface area contributed by atoms with Crippen molar-refractivity contribution in [1.82, 2.24) is 10.2 Å². The third-order valence-electron chi connectivity index (χ3n) is 6.44. The van der Waals surface area contributed by atoms with Crippen LogP contribution in [0.2, 0.25) is 0 Å². The second-order valence-corrected chi connectivity index (χ2v) is 9.96. The van der Waals surface area contributed by atoms with Crippen molar-refractivity contribution in [3.63, 3.8) is 0 Å². The molecular weight excluding hydrogens is 463 g/mol. The number of nitrogens with zero attached hydrogens (tertiary/aromatic N) is 1. The molecule has 7 heteroatoms. The number of amides is 2. The fraction of sp³-hybridized carbons (Fsp3) is 0.357. The van der Waals surface area contributed by atoms with Gasteiger partial charge in [0.05, 0.1) is 13.5 Å². The van der Waals surface area contributed by atoms with Gasteiger partial charge in [-0.1, -0.05) is 49.6 Å². The lowest BCUT2D eigenvalue weighted by atomic mass is 9.94. The summed E-state index contributed by atoms with van der Waals surface area (Å²) in [5, 5.41) is 5.12. The number of benzene rings is 2. The van der Waals surface area contributed by atoms with E-state index in [1.54, 1.807) is 24.1 Å². The summed E-state index contributed by atoms with van der Waals surface area (Å²) in [6, 6.07) is 16.4. The van der Waals surface area contributed by atoms with Crippen LogP contribution in [0.25, 0.3) is 0 Å². The van der Waals surface area contributed by atoms with Crippen LogP contribution >= 0.6 is 11.3 Å². The maximum absolute atomic E-state index is 13.8. The van der Waals surface area contributed by atoms with Crippen LogP contribution in [-0.4, -0.2) is 29.9 Å². The van der Waals surface area contributed by atoms with Gasteiger partial charge >= 0.3 is 0 Å². The molecule has 0 radical (unpaired) electrons. The number of thiophene rings is 1. The van der Waals surface area contributed by atoms with Crippen molar-refractivity contribution in [2.75, 3.05) is 7.11 Å². The van der Waals surface area contributed by atoms with Crippen LogP contribution in [0.4, 0.5) is 4.39 Å². The number of methoxy groups -OCH3 is 1. The van der Waals surface area contributed by atoms with Gasteiger partial charge in [-0.3, -0.25) is 9.59 Å². The molecule has 2 aromatic carbocycles. The van der Waals surface area contributed by atoms with Crippen LogP contribution in [0, 0.1) is 5.82 Å². The lowest BCUT2D eigenvalue weighted by Crippen LogP contribution is -2.47. The molecule has 0 aliphatic heterocycles. The van der Waals surface area contributed by atoms with Crippen LogP contribution in [0.5, 0.6) is 5.75 Å². The molecule has 4 rings (SSSR count). The van der Waals surface area contributed by atoms with Crippen LogP contribution in [0.3, 0.4) is 0 Å². The number of ether oxygens (including phenoxy) is 1. The van der Waals surface area contributed by atoms with Gasteiger partial charge in [0.25, 0.3) is 0 Å². The Bertz CT molecular complexity index is 1090. The van der Waals surface area contributed by atoms with E-state index in [1.165, 1.54) is 29.9 Å². The molecule has 1 saturated carbocycles. The molecule has 2 amide bonds. The first-order chi connectivity index (χ1) is 17.0. The van der Waals surface area contributed by atoms with Crippen molar-refractivity contribution in [2.24, 2.45) is 0 Å². The Morgan fingerprint density at radius 3 is 2.40 bits per heavy atom. The molecule has 0 bridgehead atoms. The first-order valence-corrected chi connectivity index (χ1v) is 12.9. The fourth-order valence-electron chi connectivity index (χ4n) is 4.56. The van der Waals surface area contributed by atoms with E-state index in [0.29, 0.717) is 5.56 Å². The second-order valence-electron chi connectivity index (χ2n) is 8.92. The summed E-state index contributed by atoms with van der Waals surface area (Å²) in [6.45, 7) is 0.244. The van der Waals surface area contributed by atoms with Crippen LogP contribution in [-0.2, 0) is 22.6 Å². The predicted octanol–water partition coefficient (Wildman–Crippen LogP) is 5.66. The normalized spacial score (nSPS) is 14.8. The topological polar surface area (TPSA) is 58.6 Å². The van der Waals surface area contributed by atoms with Crippen molar-refractivity contribution in [2.45, 2.75) is 57.2 Å². The number of nitrogens with one attached hydrogen (secondary N) is 1. The van der Waals surface area contributed by atoms with Gasteiger partial charge in [0.1, 0.15) is 17.6 Å². The van der Waals surface area contributed by atoms with E-state index in [0.717, 1.165) is 41.9 Å². The molecule has 1 N–H and O–H groups in total. The van der Waals surface area contributed by atoms with Crippen molar-refractivity contribution in [1.29, 1.82) is 0 Å². The molecule has 1 aromatic heterocycles. The van der Waals surface area contributed by atoms with Gasteiger partial charge in [-0.25, -0.2) is 4.39 Å². The van der Waals surface area contributed by atoms with Gasteiger partial charge in [0.2, 0.25) is 11.8 Å². The van der Waals surface area contributed by atoms with Crippen LogP contribution < -0.4 is 10.1 Å². The van der Waals surface area contributed by atoms with E-state index in [4.69, 9.17) is 4.74 Å². The highest BCUT2D eigenvalue weighted by atomic mass is 32.1. The van der Waals surface area contributed by atoms with E-state index >= 15 is 0 Å².